The third-order valence-corrected chi connectivity index (χ3v) is 2.22. The van der Waals surface area contributed by atoms with Gasteiger partial charge in [-0.3, -0.25) is 19.7 Å². The number of methoxy groups -OCH3 is 1. The molecule has 0 atom stereocenters. The Morgan fingerprint density at radius 1 is 1.44 bits per heavy atom. The number of hydrogen-bond acceptors (Lipinski definition) is 5. The number of hydroxylamine groups is 1. The minimum absolute atomic E-state index is 0.0515. The van der Waals surface area contributed by atoms with Gasteiger partial charge < -0.3 is 4.74 Å². The summed E-state index contributed by atoms with van der Waals surface area (Å²) in [5.41, 5.74) is 3.03. The molecule has 1 rings (SSSR count). The number of amides is 1. The molecule has 0 fully saturated rings. The molecule has 0 aromatic heterocycles. The van der Waals surface area contributed by atoms with E-state index in [2.05, 4.69) is 5.48 Å². The van der Waals surface area contributed by atoms with Crippen LogP contribution in [0.1, 0.15) is 15.9 Å². The Hall–Kier alpha value is -1.99. The van der Waals surface area contributed by atoms with Crippen LogP contribution in [-0.2, 0) is 9.57 Å². The van der Waals surface area contributed by atoms with E-state index in [1.165, 1.54) is 25.3 Å². The van der Waals surface area contributed by atoms with E-state index in [-0.39, 0.29) is 12.3 Å². The second-order valence-electron chi connectivity index (χ2n) is 3.53. The van der Waals surface area contributed by atoms with Crippen LogP contribution >= 0.6 is 0 Å². The van der Waals surface area contributed by atoms with E-state index in [1.54, 1.807) is 6.92 Å². The van der Waals surface area contributed by atoms with Crippen LogP contribution in [-0.4, -0.2) is 31.2 Å². The van der Waals surface area contributed by atoms with Crippen LogP contribution in [0.15, 0.2) is 18.2 Å². The van der Waals surface area contributed by atoms with E-state index in [9.17, 15) is 14.9 Å². The first-order valence-corrected chi connectivity index (χ1v) is 5.22. The molecule has 0 heterocycles. The quantitative estimate of drug-likeness (QED) is 0.468. The monoisotopic (exact) mass is 254 g/mol. The first kappa shape index (κ1) is 14.1. The van der Waals surface area contributed by atoms with Gasteiger partial charge in [-0.15, -0.1) is 0 Å². The second-order valence-corrected chi connectivity index (χ2v) is 3.53. The van der Waals surface area contributed by atoms with Crippen molar-refractivity contribution in [1.82, 2.24) is 5.48 Å². The van der Waals surface area contributed by atoms with E-state index in [0.717, 1.165) is 0 Å². The van der Waals surface area contributed by atoms with E-state index < -0.39 is 10.8 Å². The Morgan fingerprint density at radius 2 is 2.17 bits per heavy atom. The average molecular weight is 254 g/mol. The zero-order chi connectivity index (χ0) is 13.5. The summed E-state index contributed by atoms with van der Waals surface area (Å²) in [6, 6.07) is 4.00. The van der Waals surface area contributed by atoms with Crippen LogP contribution in [0.4, 0.5) is 5.69 Å². The highest BCUT2D eigenvalue weighted by Crippen LogP contribution is 2.16. The molecule has 0 spiro atoms. The number of nitrogens with one attached hydrogen (secondary N) is 1. The summed E-state index contributed by atoms with van der Waals surface area (Å²) in [7, 11) is 1.52. The van der Waals surface area contributed by atoms with Gasteiger partial charge in [0.25, 0.3) is 11.6 Å². The highest BCUT2D eigenvalue weighted by molar-refractivity contribution is 5.95. The molecule has 0 saturated heterocycles. The standard InChI is InChI=1S/C11H14N2O5/c1-8-7-9(13(15)16)3-4-10(8)11(14)12-18-6-5-17-2/h3-4,7H,5-6H2,1-2H3,(H,12,14). The molecular formula is C11H14N2O5. The zero-order valence-electron chi connectivity index (χ0n) is 10.1. The van der Waals surface area contributed by atoms with Gasteiger partial charge in [-0.2, -0.15) is 0 Å². The topological polar surface area (TPSA) is 90.7 Å². The first-order chi connectivity index (χ1) is 8.56. The third-order valence-electron chi connectivity index (χ3n) is 2.22. The first-order valence-electron chi connectivity index (χ1n) is 5.22. The largest absolute Gasteiger partial charge is 0.382 e. The molecule has 0 radical (unpaired) electrons. The maximum absolute atomic E-state index is 11.7. The average Bonchev–Trinajstić information content (AvgIpc) is 2.34. The van der Waals surface area contributed by atoms with E-state index in [4.69, 9.17) is 9.57 Å². The zero-order valence-corrected chi connectivity index (χ0v) is 10.1. The summed E-state index contributed by atoms with van der Waals surface area (Å²) in [5, 5.41) is 10.5. The van der Waals surface area contributed by atoms with Crippen LogP contribution in [0.5, 0.6) is 0 Å². The Balaban J connectivity index is 2.66. The number of rotatable bonds is 6. The smallest absolute Gasteiger partial charge is 0.275 e. The van der Waals surface area contributed by atoms with Crippen molar-refractivity contribution in [3.05, 3.63) is 39.4 Å². The lowest BCUT2D eigenvalue weighted by Crippen LogP contribution is -2.26. The van der Waals surface area contributed by atoms with Crippen molar-refractivity contribution < 1.29 is 19.3 Å². The number of nitrogens with zero attached hydrogens (tertiary/aromatic N) is 1. The highest BCUT2D eigenvalue weighted by atomic mass is 16.7. The van der Waals surface area contributed by atoms with Gasteiger partial charge >= 0.3 is 0 Å². The number of ether oxygens (including phenoxy) is 1. The van der Waals surface area contributed by atoms with Gasteiger partial charge in [0.05, 0.1) is 18.1 Å². The van der Waals surface area contributed by atoms with Crippen LogP contribution < -0.4 is 5.48 Å². The SMILES string of the molecule is COCCONC(=O)c1ccc([N+](=O)[O-])cc1C. The molecular weight excluding hydrogens is 240 g/mol. The fraction of sp³-hybridized carbons (Fsp3) is 0.364. The minimum Gasteiger partial charge on any atom is -0.382 e. The summed E-state index contributed by atoms with van der Waals surface area (Å²) in [6.07, 6.45) is 0. The summed E-state index contributed by atoms with van der Waals surface area (Å²) >= 11 is 0. The van der Waals surface area contributed by atoms with Crippen molar-refractivity contribution in [2.45, 2.75) is 6.92 Å². The molecule has 0 bridgehead atoms. The Labute approximate surface area is 104 Å². The summed E-state index contributed by atoms with van der Waals surface area (Å²) < 4.78 is 4.74. The predicted octanol–water partition coefficient (Wildman–Crippen LogP) is 1.21. The molecule has 1 amide bonds. The van der Waals surface area contributed by atoms with Gasteiger partial charge in [0, 0.05) is 24.8 Å². The number of aryl methyl sites for hydroxylation is 1. The lowest BCUT2D eigenvalue weighted by molar-refractivity contribution is -0.384. The lowest BCUT2D eigenvalue weighted by Gasteiger charge is -2.07. The van der Waals surface area contributed by atoms with Gasteiger partial charge in [0.1, 0.15) is 0 Å². The fourth-order valence-corrected chi connectivity index (χ4v) is 1.31. The predicted molar refractivity (Wildman–Crippen MR) is 63.1 cm³/mol. The number of carbonyl (C=O) groups is 1. The van der Waals surface area contributed by atoms with Crippen molar-refractivity contribution in [2.24, 2.45) is 0 Å². The number of nitro groups is 1. The molecule has 98 valence electrons. The van der Waals surface area contributed by atoms with Gasteiger partial charge in [-0.05, 0) is 18.6 Å². The van der Waals surface area contributed by atoms with Crippen molar-refractivity contribution in [3.63, 3.8) is 0 Å². The highest BCUT2D eigenvalue weighted by Gasteiger charge is 2.13. The molecule has 0 aliphatic rings. The maximum Gasteiger partial charge on any atom is 0.275 e. The number of benzene rings is 1. The summed E-state index contributed by atoms with van der Waals surface area (Å²) in [5.74, 6) is -0.446. The summed E-state index contributed by atoms with van der Waals surface area (Å²) in [6.45, 7) is 2.21. The van der Waals surface area contributed by atoms with Gasteiger partial charge in [-0.25, -0.2) is 5.48 Å². The Bertz CT molecular complexity index is 447. The van der Waals surface area contributed by atoms with E-state index in [1.807, 2.05) is 0 Å². The van der Waals surface area contributed by atoms with Gasteiger partial charge in [0.15, 0.2) is 0 Å². The number of hydrogen-bond donors (Lipinski definition) is 1. The molecule has 7 nitrogen and oxygen atoms in total. The molecule has 1 N–H and O–H groups in total. The van der Waals surface area contributed by atoms with Crippen LogP contribution in [0.2, 0.25) is 0 Å². The van der Waals surface area contributed by atoms with Crippen molar-refractivity contribution in [2.75, 3.05) is 20.3 Å². The Morgan fingerprint density at radius 3 is 2.72 bits per heavy atom. The Kier molecular flexibility index (Phi) is 5.22. The molecule has 0 unspecified atom stereocenters. The molecule has 1 aromatic rings. The number of non-ortho nitro benzene ring substituents is 1. The molecule has 7 heteroatoms. The van der Waals surface area contributed by atoms with E-state index in [0.29, 0.717) is 17.7 Å². The normalized spacial score (nSPS) is 10.1. The van der Waals surface area contributed by atoms with Crippen LogP contribution in [0.3, 0.4) is 0 Å². The van der Waals surface area contributed by atoms with E-state index >= 15 is 0 Å². The van der Waals surface area contributed by atoms with Crippen molar-refractivity contribution in [1.29, 1.82) is 0 Å². The second kappa shape index (κ2) is 6.67. The molecule has 1 aromatic carbocycles. The number of carbonyl (C=O) groups excluding carboxylic acids is 1. The molecule has 0 saturated carbocycles. The van der Waals surface area contributed by atoms with Crippen LogP contribution in [0.25, 0.3) is 0 Å². The molecule has 18 heavy (non-hydrogen) atoms. The fourth-order valence-electron chi connectivity index (χ4n) is 1.31. The van der Waals surface area contributed by atoms with Gasteiger partial charge in [-0.1, -0.05) is 0 Å². The summed E-state index contributed by atoms with van der Waals surface area (Å²) in [4.78, 5) is 26.6. The number of nitro benzene ring substituents is 1. The van der Waals surface area contributed by atoms with Gasteiger partial charge in [0.2, 0.25) is 0 Å². The molecule has 0 aliphatic carbocycles. The van der Waals surface area contributed by atoms with Crippen molar-refractivity contribution >= 4 is 11.6 Å². The third kappa shape index (κ3) is 3.79. The molecule has 0 aliphatic heterocycles. The minimum atomic E-state index is -0.510. The maximum atomic E-state index is 11.7. The van der Waals surface area contributed by atoms with Crippen molar-refractivity contribution in [3.8, 4) is 0 Å². The lowest BCUT2D eigenvalue weighted by atomic mass is 10.1. The van der Waals surface area contributed by atoms with Crippen LogP contribution in [0, 0.1) is 17.0 Å².